The summed E-state index contributed by atoms with van der Waals surface area (Å²) in [6, 6.07) is 24.2. The predicted molar refractivity (Wildman–Crippen MR) is 184 cm³/mol. The second-order valence-electron chi connectivity index (χ2n) is 10.3. The van der Waals surface area contributed by atoms with E-state index in [-0.39, 0.29) is 19.0 Å². The molecule has 10 nitrogen and oxygen atoms in total. The highest BCUT2D eigenvalue weighted by molar-refractivity contribution is 14.1. The summed E-state index contributed by atoms with van der Waals surface area (Å²) in [5.74, 6) is 0.562. The van der Waals surface area contributed by atoms with Crippen molar-refractivity contribution in [2.75, 3.05) is 18.5 Å². The van der Waals surface area contributed by atoms with Crippen LogP contribution in [0.1, 0.15) is 40.2 Å². The van der Waals surface area contributed by atoms with Gasteiger partial charge in [0, 0.05) is 22.8 Å². The van der Waals surface area contributed by atoms with E-state index in [1.54, 1.807) is 30.3 Å². The van der Waals surface area contributed by atoms with Gasteiger partial charge in [0.25, 0.3) is 5.91 Å². The molecule has 5 rings (SSSR count). The SMILES string of the molecule is CCOc1cc(/C=N/NC(=O)c2ccc(COc3ccc(-n4c(C)ccc4C)cc3)o2)cc(I)c1OCC(=O)Nc1cccc(F)c1. The lowest BCUT2D eigenvalue weighted by Crippen LogP contribution is -2.20. The lowest BCUT2D eigenvalue weighted by molar-refractivity contribution is -0.118. The van der Waals surface area contributed by atoms with Gasteiger partial charge in [0.15, 0.2) is 23.9 Å². The third kappa shape index (κ3) is 8.79. The van der Waals surface area contributed by atoms with Gasteiger partial charge in [-0.2, -0.15) is 5.10 Å². The maximum absolute atomic E-state index is 13.4. The average molecular weight is 751 g/mol. The molecular weight excluding hydrogens is 718 g/mol. The van der Waals surface area contributed by atoms with E-state index in [4.69, 9.17) is 18.6 Å². The molecule has 0 radical (unpaired) electrons. The normalized spacial score (nSPS) is 11.0. The number of benzene rings is 3. The third-order valence-electron chi connectivity index (χ3n) is 6.80. The molecule has 5 aromatic rings. The summed E-state index contributed by atoms with van der Waals surface area (Å²) in [5, 5.41) is 6.64. The summed E-state index contributed by atoms with van der Waals surface area (Å²) < 4.78 is 39.2. The Morgan fingerprint density at radius 1 is 0.957 bits per heavy atom. The van der Waals surface area contributed by atoms with Crippen LogP contribution in [-0.4, -0.2) is 35.8 Å². The van der Waals surface area contributed by atoms with Crippen molar-refractivity contribution in [2.45, 2.75) is 27.4 Å². The number of nitrogens with zero attached hydrogens (tertiary/aromatic N) is 2. The van der Waals surface area contributed by atoms with Gasteiger partial charge in [0.2, 0.25) is 0 Å². The van der Waals surface area contributed by atoms with Crippen molar-refractivity contribution >= 4 is 46.3 Å². The molecule has 0 aliphatic carbocycles. The van der Waals surface area contributed by atoms with Gasteiger partial charge in [-0.1, -0.05) is 6.07 Å². The first-order valence-corrected chi connectivity index (χ1v) is 15.7. The van der Waals surface area contributed by atoms with Crippen LogP contribution in [0.15, 0.2) is 94.4 Å². The van der Waals surface area contributed by atoms with Gasteiger partial charge in [-0.25, -0.2) is 9.82 Å². The first-order chi connectivity index (χ1) is 22.7. The van der Waals surface area contributed by atoms with Crippen molar-refractivity contribution in [1.29, 1.82) is 0 Å². The van der Waals surface area contributed by atoms with E-state index in [0.717, 1.165) is 17.1 Å². The predicted octanol–water partition coefficient (Wildman–Crippen LogP) is 7.19. The van der Waals surface area contributed by atoms with E-state index in [2.05, 4.69) is 69.0 Å². The lowest BCUT2D eigenvalue weighted by atomic mass is 10.2. The molecule has 0 saturated carbocycles. The monoisotopic (exact) mass is 750 g/mol. The first kappa shape index (κ1) is 33.3. The summed E-state index contributed by atoms with van der Waals surface area (Å²) in [7, 11) is 0. The van der Waals surface area contributed by atoms with Crippen LogP contribution < -0.4 is 25.0 Å². The minimum atomic E-state index is -0.529. The smallest absolute Gasteiger partial charge is 0.307 e. The van der Waals surface area contributed by atoms with Crippen molar-refractivity contribution in [3.8, 4) is 22.9 Å². The number of carbonyl (C=O) groups excluding carboxylic acids is 2. The van der Waals surface area contributed by atoms with E-state index in [0.29, 0.717) is 44.4 Å². The van der Waals surface area contributed by atoms with Crippen LogP contribution in [0.2, 0.25) is 0 Å². The highest BCUT2D eigenvalue weighted by atomic mass is 127. The van der Waals surface area contributed by atoms with Crippen molar-refractivity contribution in [2.24, 2.45) is 5.10 Å². The van der Waals surface area contributed by atoms with Gasteiger partial charge >= 0.3 is 5.91 Å². The maximum atomic E-state index is 13.4. The van der Waals surface area contributed by atoms with Crippen LogP contribution in [0, 0.1) is 23.2 Å². The van der Waals surface area contributed by atoms with E-state index in [9.17, 15) is 14.0 Å². The minimum absolute atomic E-state index is 0.0829. The molecule has 2 amide bonds. The topological polar surface area (TPSA) is 116 Å². The number of hydrogen-bond donors (Lipinski definition) is 2. The molecule has 242 valence electrons. The lowest BCUT2D eigenvalue weighted by Gasteiger charge is -2.14. The standard InChI is InChI=1S/C35H32FIN4O6/c1-4-44-32-17-24(16-30(37)34(32)46-21-33(42)39-26-7-5-6-25(36)18-26)19-38-40-35(43)31-15-14-29(47-31)20-45-28-12-10-27(11-13-28)41-22(2)8-9-23(41)3/h5-19H,4,20-21H2,1-3H3,(H,39,42)(H,40,43)/b38-19+. The fourth-order valence-electron chi connectivity index (χ4n) is 4.69. The minimum Gasteiger partial charge on any atom is -0.490 e. The number of halogens is 2. The molecule has 0 unspecified atom stereocenters. The molecule has 0 aliphatic rings. The average Bonchev–Trinajstić information content (AvgIpc) is 3.66. The quantitative estimate of drug-likeness (QED) is 0.0748. The Morgan fingerprint density at radius 3 is 2.45 bits per heavy atom. The second-order valence-corrected chi connectivity index (χ2v) is 11.5. The molecular formula is C35H32FIN4O6. The van der Waals surface area contributed by atoms with Crippen molar-refractivity contribution < 1.29 is 32.6 Å². The third-order valence-corrected chi connectivity index (χ3v) is 7.60. The summed E-state index contributed by atoms with van der Waals surface area (Å²) >= 11 is 2.06. The zero-order chi connectivity index (χ0) is 33.3. The molecule has 0 spiro atoms. The van der Waals surface area contributed by atoms with Crippen molar-refractivity contribution in [3.63, 3.8) is 0 Å². The Balaban J connectivity index is 1.14. The summed E-state index contributed by atoms with van der Waals surface area (Å²) in [6.45, 7) is 6.13. The molecule has 0 saturated heterocycles. The molecule has 2 N–H and O–H groups in total. The molecule has 0 fully saturated rings. The van der Waals surface area contributed by atoms with Crippen LogP contribution in [0.25, 0.3) is 5.69 Å². The maximum Gasteiger partial charge on any atom is 0.307 e. The number of rotatable bonds is 13. The Morgan fingerprint density at radius 2 is 1.72 bits per heavy atom. The molecule has 0 atom stereocenters. The summed E-state index contributed by atoms with van der Waals surface area (Å²) in [4.78, 5) is 25.0. The molecule has 47 heavy (non-hydrogen) atoms. The van der Waals surface area contributed by atoms with Gasteiger partial charge in [0.05, 0.1) is 16.4 Å². The van der Waals surface area contributed by atoms with Gasteiger partial charge in [0.1, 0.15) is 23.9 Å². The van der Waals surface area contributed by atoms with Gasteiger partial charge in [-0.05, 0) is 128 Å². The Labute approximate surface area is 284 Å². The summed E-state index contributed by atoms with van der Waals surface area (Å²) in [6.07, 6.45) is 1.45. The highest BCUT2D eigenvalue weighted by Crippen LogP contribution is 2.34. The number of ether oxygens (including phenoxy) is 3. The van der Waals surface area contributed by atoms with E-state index in [1.807, 2.05) is 31.2 Å². The van der Waals surface area contributed by atoms with Gasteiger partial charge < -0.3 is 28.5 Å². The van der Waals surface area contributed by atoms with E-state index >= 15 is 0 Å². The fourth-order valence-corrected chi connectivity index (χ4v) is 5.47. The van der Waals surface area contributed by atoms with E-state index in [1.165, 1.54) is 24.4 Å². The molecule has 12 heteroatoms. The van der Waals surface area contributed by atoms with Crippen molar-refractivity contribution in [1.82, 2.24) is 9.99 Å². The van der Waals surface area contributed by atoms with Crippen LogP contribution >= 0.6 is 22.6 Å². The van der Waals surface area contributed by atoms with Crippen LogP contribution in [0.5, 0.6) is 17.2 Å². The Bertz CT molecular complexity index is 1880. The molecule has 0 bridgehead atoms. The number of aromatic nitrogens is 1. The molecule has 0 aliphatic heterocycles. The second kappa shape index (κ2) is 15.5. The van der Waals surface area contributed by atoms with Gasteiger partial charge in [-0.3, -0.25) is 9.59 Å². The number of hydrogen-bond acceptors (Lipinski definition) is 7. The largest absolute Gasteiger partial charge is 0.490 e. The fraction of sp³-hybridized carbons (Fsp3) is 0.171. The highest BCUT2D eigenvalue weighted by Gasteiger charge is 2.15. The van der Waals surface area contributed by atoms with Gasteiger partial charge in [-0.15, -0.1) is 0 Å². The number of nitrogens with one attached hydrogen (secondary N) is 2. The molecule has 3 aromatic carbocycles. The van der Waals surface area contributed by atoms with Crippen LogP contribution in [-0.2, 0) is 11.4 Å². The number of anilines is 1. The summed E-state index contributed by atoms with van der Waals surface area (Å²) in [5.41, 5.74) is 6.75. The van der Waals surface area contributed by atoms with Crippen LogP contribution in [0.3, 0.4) is 0 Å². The number of aryl methyl sites for hydroxylation is 2. The van der Waals surface area contributed by atoms with Crippen LogP contribution in [0.4, 0.5) is 10.1 Å². The van der Waals surface area contributed by atoms with Crippen molar-refractivity contribution in [3.05, 3.63) is 123 Å². The van der Waals surface area contributed by atoms with E-state index < -0.39 is 17.6 Å². The number of hydrazone groups is 1. The number of carbonyl (C=O) groups is 2. The number of furan rings is 1. The zero-order valence-electron chi connectivity index (χ0n) is 25.9. The molecule has 2 heterocycles. The number of amides is 2. The Kier molecular flexibility index (Phi) is 10.9. The zero-order valence-corrected chi connectivity index (χ0v) is 28.0. The first-order valence-electron chi connectivity index (χ1n) is 14.6. The Hall–Kier alpha value is -5.11. The molecule has 2 aromatic heterocycles.